The fraction of sp³-hybridized carbons (Fsp3) is 0.345. The third kappa shape index (κ3) is 7.88. The summed E-state index contributed by atoms with van der Waals surface area (Å²) in [6, 6.07) is 18.9. The van der Waals surface area contributed by atoms with E-state index in [2.05, 4.69) is 92.3 Å². The highest BCUT2D eigenvalue weighted by atomic mass is 15.2. The molecule has 32 heavy (non-hydrogen) atoms. The quantitative estimate of drug-likeness (QED) is 0.405. The maximum atomic E-state index is 4.91. The molecule has 1 N–H and O–H groups in total. The maximum Gasteiger partial charge on any atom is 0.156 e. The number of benzene rings is 2. The number of hydrogen-bond donors (Lipinski definition) is 1. The normalized spacial score (nSPS) is 9.72. The molecule has 1 heterocycles. The smallest absolute Gasteiger partial charge is 0.156 e. The summed E-state index contributed by atoms with van der Waals surface area (Å²) < 4.78 is 2.23. The zero-order chi connectivity index (χ0) is 24.1. The number of anilines is 1. The number of nitrogens with one attached hydrogen (secondary N) is 1. The van der Waals surface area contributed by atoms with Crippen molar-refractivity contribution in [3.63, 3.8) is 0 Å². The minimum absolute atomic E-state index is 0.733. The summed E-state index contributed by atoms with van der Waals surface area (Å²) in [6.45, 7) is 23.3. The van der Waals surface area contributed by atoms with Gasteiger partial charge in [0.2, 0.25) is 0 Å². The van der Waals surface area contributed by atoms with Crippen LogP contribution in [-0.2, 0) is 6.54 Å². The molecule has 0 radical (unpaired) electrons. The minimum Gasteiger partial charge on any atom is -0.343 e. The molecular weight excluding hydrogens is 390 g/mol. The Bertz CT molecular complexity index is 979. The monoisotopic (exact) mass is 431 g/mol. The largest absolute Gasteiger partial charge is 0.343 e. The van der Waals surface area contributed by atoms with Crippen LogP contribution in [0.1, 0.15) is 71.2 Å². The Kier molecular flexibility index (Phi) is 11.9. The molecule has 0 aliphatic rings. The number of aryl methyl sites for hydroxylation is 1. The number of unbranched alkanes of at least 4 members (excludes halogenated alkanes) is 1. The second-order valence-corrected chi connectivity index (χ2v) is 7.76. The number of aromatic nitrogens is 2. The van der Waals surface area contributed by atoms with Crippen molar-refractivity contribution >= 4 is 11.4 Å². The number of rotatable bonds is 7. The van der Waals surface area contributed by atoms with Crippen molar-refractivity contribution in [3.8, 4) is 11.4 Å². The number of hydrogen-bond acceptors (Lipinski definition) is 2. The standard InChI is InChI=1S/C23H25N3.C4H10.C2H6/c1-16(2)21-22(24-17(3)4)25-23(20-13-9-10-18(5)14-20)26(21)15-19-11-7-6-8-12-19;1-3-4-2;1-2/h6-14,24H,1,3,15H2,2,4-5H3;3-4H2,1-2H3;1-2H3. The Labute approximate surface area is 195 Å². The zero-order valence-corrected chi connectivity index (χ0v) is 21.1. The summed E-state index contributed by atoms with van der Waals surface area (Å²) in [4.78, 5) is 4.91. The van der Waals surface area contributed by atoms with E-state index in [-0.39, 0.29) is 0 Å². The Hall–Kier alpha value is -3.07. The minimum atomic E-state index is 0.733. The van der Waals surface area contributed by atoms with E-state index < -0.39 is 0 Å². The second-order valence-electron chi connectivity index (χ2n) is 7.76. The number of allylic oxidation sites excluding steroid dienone is 2. The van der Waals surface area contributed by atoms with Crippen LogP contribution in [0, 0.1) is 6.92 Å². The van der Waals surface area contributed by atoms with Crippen molar-refractivity contribution in [2.24, 2.45) is 0 Å². The molecule has 0 fully saturated rings. The molecule has 0 amide bonds. The molecule has 0 saturated carbocycles. The molecule has 172 valence electrons. The Morgan fingerprint density at radius 2 is 1.56 bits per heavy atom. The van der Waals surface area contributed by atoms with Crippen molar-refractivity contribution in [2.75, 3.05) is 5.32 Å². The van der Waals surface area contributed by atoms with E-state index in [1.54, 1.807) is 0 Å². The van der Waals surface area contributed by atoms with Crippen molar-refractivity contribution in [2.45, 2.75) is 67.9 Å². The molecular formula is C29H41N3. The predicted molar refractivity (Wildman–Crippen MR) is 143 cm³/mol. The SMILES string of the molecule is C=C(C)Nc1nc(-c2cccc(C)c2)n(Cc2ccccc2)c1C(=C)C.CC.CCCC. The van der Waals surface area contributed by atoms with Gasteiger partial charge in [-0.15, -0.1) is 0 Å². The van der Waals surface area contributed by atoms with Crippen LogP contribution >= 0.6 is 0 Å². The highest BCUT2D eigenvalue weighted by molar-refractivity contribution is 5.75. The first-order chi connectivity index (χ1) is 15.4. The van der Waals surface area contributed by atoms with Crippen LogP contribution in [0.5, 0.6) is 0 Å². The average molecular weight is 432 g/mol. The molecule has 0 aliphatic heterocycles. The third-order valence-corrected chi connectivity index (χ3v) is 4.66. The van der Waals surface area contributed by atoms with Gasteiger partial charge in [0.05, 0.1) is 5.69 Å². The number of nitrogens with zero attached hydrogens (tertiary/aromatic N) is 2. The van der Waals surface area contributed by atoms with Crippen LogP contribution in [0.4, 0.5) is 5.82 Å². The predicted octanol–water partition coefficient (Wildman–Crippen LogP) is 8.72. The maximum absolute atomic E-state index is 4.91. The van der Waals surface area contributed by atoms with Crippen LogP contribution in [-0.4, -0.2) is 9.55 Å². The van der Waals surface area contributed by atoms with Crippen molar-refractivity contribution in [1.82, 2.24) is 9.55 Å². The highest BCUT2D eigenvalue weighted by Crippen LogP contribution is 2.31. The van der Waals surface area contributed by atoms with E-state index in [0.717, 1.165) is 40.7 Å². The van der Waals surface area contributed by atoms with E-state index in [1.807, 2.05) is 33.8 Å². The zero-order valence-electron chi connectivity index (χ0n) is 21.1. The first-order valence-electron chi connectivity index (χ1n) is 11.7. The summed E-state index contributed by atoms with van der Waals surface area (Å²) in [5.74, 6) is 1.73. The molecule has 1 aromatic heterocycles. The van der Waals surface area contributed by atoms with Crippen molar-refractivity contribution in [3.05, 3.63) is 90.3 Å². The molecule has 0 saturated heterocycles. The van der Waals surface area contributed by atoms with Crippen LogP contribution in [0.2, 0.25) is 0 Å². The van der Waals surface area contributed by atoms with E-state index in [4.69, 9.17) is 4.98 Å². The first-order valence-corrected chi connectivity index (χ1v) is 11.7. The summed E-state index contributed by atoms with van der Waals surface area (Å²) in [6.07, 6.45) is 2.64. The van der Waals surface area contributed by atoms with Crippen LogP contribution in [0.3, 0.4) is 0 Å². The third-order valence-electron chi connectivity index (χ3n) is 4.66. The lowest BCUT2D eigenvalue weighted by atomic mass is 10.1. The molecule has 3 heteroatoms. The summed E-state index contributed by atoms with van der Waals surface area (Å²) in [7, 11) is 0. The lowest BCUT2D eigenvalue weighted by molar-refractivity contribution is 0.795. The lowest BCUT2D eigenvalue weighted by Gasteiger charge is -2.13. The van der Waals surface area contributed by atoms with Crippen molar-refractivity contribution in [1.29, 1.82) is 0 Å². The van der Waals surface area contributed by atoms with Gasteiger partial charge in [0.15, 0.2) is 5.82 Å². The molecule has 0 aliphatic carbocycles. The highest BCUT2D eigenvalue weighted by Gasteiger charge is 2.19. The van der Waals surface area contributed by atoms with Gasteiger partial charge in [-0.1, -0.05) is 108 Å². The topological polar surface area (TPSA) is 29.9 Å². The molecule has 3 aromatic rings. The van der Waals surface area contributed by atoms with Crippen LogP contribution in [0.15, 0.2) is 73.5 Å². The molecule has 3 rings (SSSR count). The van der Waals surface area contributed by atoms with Gasteiger partial charge in [-0.2, -0.15) is 0 Å². The molecule has 0 bridgehead atoms. The fourth-order valence-corrected chi connectivity index (χ4v) is 3.10. The van der Waals surface area contributed by atoms with Gasteiger partial charge < -0.3 is 9.88 Å². The molecule has 3 nitrogen and oxygen atoms in total. The molecule has 2 aromatic carbocycles. The molecule has 0 unspecified atom stereocenters. The first kappa shape index (κ1) is 27.0. The van der Waals surface area contributed by atoms with E-state index in [9.17, 15) is 0 Å². The summed E-state index contributed by atoms with van der Waals surface area (Å²) in [5.41, 5.74) is 6.36. The van der Waals surface area contributed by atoms with Crippen LogP contribution < -0.4 is 5.32 Å². The van der Waals surface area contributed by atoms with E-state index >= 15 is 0 Å². The van der Waals surface area contributed by atoms with Gasteiger partial charge in [-0.3, -0.25) is 0 Å². The summed E-state index contributed by atoms with van der Waals surface area (Å²) in [5, 5.41) is 3.30. The fourth-order valence-electron chi connectivity index (χ4n) is 3.10. The summed E-state index contributed by atoms with van der Waals surface area (Å²) >= 11 is 0. The second kappa shape index (κ2) is 14.1. The number of imidazole rings is 1. The van der Waals surface area contributed by atoms with Gasteiger partial charge in [-0.25, -0.2) is 4.98 Å². The van der Waals surface area contributed by atoms with Gasteiger partial charge in [0, 0.05) is 17.8 Å². The van der Waals surface area contributed by atoms with Crippen LogP contribution in [0.25, 0.3) is 17.0 Å². The van der Waals surface area contributed by atoms with Gasteiger partial charge in [-0.05, 0) is 38.0 Å². The van der Waals surface area contributed by atoms with E-state index in [1.165, 1.54) is 24.0 Å². The van der Waals surface area contributed by atoms with Gasteiger partial charge >= 0.3 is 0 Å². The Morgan fingerprint density at radius 3 is 2.06 bits per heavy atom. The lowest BCUT2D eigenvalue weighted by Crippen LogP contribution is -2.06. The van der Waals surface area contributed by atoms with Crippen molar-refractivity contribution < 1.29 is 0 Å². The van der Waals surface area contributed by atoms with Gasteiger partial charge in [0.1, 0.15) is 5.82 Å². The Morgan fingerprint density at radius 1 is 0.938 bits per heavy atom. The molecule has 0 spiro atoms. The molecule has 0 atom stereocenters. The Balaban J connectivity index is 0.000000769. The average Bonchev–Trinajstić information content (AvgIpc) is 3.13. The van der Waals surface area contributed by atoms with E-state index in [0.29, 0.717) is 0 Å². The van der Waals surface area contributed by atoms with Gasteiger partial charge in [0.25, 0.3) is 0 Å².